The molecule has 4 heteroatoms. The summed E-state index contributed by atoms with van der Waals surface area (Å²) in [6, 6.07) is 7.76. The summed E-state index contributed by atoms with van der Waals surface area (Å²) in [5.41, 5.74) is 2.38. The number of aromatic nitrogens is 3. The van der Waals surface area contributed by atoms with E-state index in [9.17, 15) is 4.79 Å². The van der Waals surface area contributed by atoms with Crippen molar-refractivity contribution in [1.29, 1.82) is 0 Å². The van der Waals surface area contributed by atoms with E-state index in [2.05, 4.69) is 15.2 Å². The summed E-state index contributed by atoms with van der Waals surface area (Å²) in [6.45, 7) is 1.85. The van der Waals surface area contributed by atoms with Gasteiger partial charge in [0.2, 0.25) is 0 Å². The Kier molecular flexibility index (Phi) is 1.48. The Morgan fingerprint density at radius 2 is 2.00 bits per heavy atom. The van der Waals surface area contributed by atoms with Crippen molar-refractivity contribution in [3.05, 3.63) is 40.3 Å². The summed E-state index contributed by atoms with van der Waals surface area (Å²) in [7, 11) is 0. The van der Waals surface area contributed by atoms with E-state index in [0.717, 1.165) is 22.1 Å². The van der Waals surface area contributed by atoms with E-state index in [1.54, 1.807) is 0 Å². The molecule has 2 N–H and O–H groups in total. The quantitative estimate of drug-likeness (QED) is 0.579. The number of benzene rings is 1. The number of para-hydroxylation sites is 1. The smallest absolute Gasteiger partial charge is 0.273 e. The lowest BCUT2D eigenvalue weighted by atomic mass is 10.1. The molecular weight excluding hydrogens is 190 g/mol. The highest BCUT2D eigenvalue weighted by atomic mass is 16.1. The lowest BCUT2D eigenvalue weighted by Gasteiger charge is -2.00. The fourth-order valence-electron chi connectivity index (χ4n) is 1.92. The van der Waals surface area contributed by atoms with Crippen molar-refractivity contribution in [3.8, 4) is 0 Å². The van der Waals surface area contributed by atoms with Crippen LogP contribution < -0.4 is 5.56 Å². The number of nitrogens with zero attached hydrogens (tertiary/aromatic N) is 1. The Morgan fingerprint density at radius 1 is 1.20 bits per heavy atom. The maximum atomic E-state index is 11.5. The highest BCUT2D eigenvalue weighted by Gasteiger charge is 2.09. The molecular formula is C11H9N3O. The number of hydrogen-bond donors (Lipinski definition) is 2. The van der Waals surface area contributed by atoms with Crippen LogP contribution in [-0.2, 0) is 0 Å². The largest absolute Gasteiger partial charge is 0.297 e. The molecule has 0 amide bonds. The molecule has 0 aliphatic rings. The first kappa shape index (κ1) is 8.23. The van der Waals surface area contributed by atoms with Gasteiger partial charge in [0.1, 0.15) is 0 Å². The van der Waals surface area contributed by atoms with Gasteiger partial charge in [-0.05, 0) is 13.0 Å². The molecule has 2 heterocycles. The van der Waals surface area contributed by atoms with E-state index in [4.69, 9.17) is 0 Å². The molecule has 0 fully saturated rings. The van der Waals surface area contributed by atoms with E-state index >= 15 is 0 Å². The molecule has 1 aromatic carbocycles. The maximum Gasteiger partial charge on any atom is 0.273 e. The van der Waals surface area contributed by atoms with Crippen LogP contribution in [0.2, 0.25) is 0 Å². The molecule has 0 aliphatic carbocycles. The number of H-pyrrole nitrogens is 2. The van der Waals surface area contributed by atoms with Crippen molar-refractivity contribution in [3.63, 3.8) is 0 Å². The summed E-state index contributed by atoms with van der Waals surface area (Å²) in [5.74, 6) is 0. The fraction of sp³-hybridized carbons (Fsp3) is 0.0909. The maximum absolute atomic E-state index is 11.5. The molecule has 15 heavy (non-hydrogen) atoms. The van der Waals surface area contributed by atoms with Crippen molar-refractivity contribution >= 4 is 21.8 Å². The molecule has 74 valence electrons. The second kappa shape index (κ2) is 2.70. The number of pyridine rings is 1. The summed E-state index contributed by atoms with van der Waals surface area (Å²) in [5, 5.41) is 7.10. The molecule has 0 spiro atoms. The van der Waals surface area contributed by atoms with E-state index in [1.807, 2.05) is 31.2 Å². The number of rotatable bonds is 0. The molecule has 0 unspecified atom stereocenters. The second-order valence-corrected chi connectivity index (χ2v) is 3.54. The van der Waals surface area contributed by atoms with Crippen molar-refractivity contribution < 1.29 is 0 Å². The van der Waals surface area contributed by atoms with Crippen LogP contribution in [0, 0.1) is 6.92 Å². The van der Waals surface area contributed by atoms with Gasteiger partial charge in [-0.15, -0.1) is 0 Å². The van der Waals surface area contributed by atoms with E-state index in [1.165, 1.54) is 0 Å². The van der Waals surface area contributed by atoms with Gasteiger partial charge in [-0.3, -0.25) is 20.0 Å². The van der Waals surface area contributed by atoms with Crippen LogP contribution in [0.25, 0.3) is 21.8 Å². The van der Waals surface area contributed by atoms with Gasteiger partial charge in [-0.2, -0.15) is 0 Å². The highest BCUT2D eigenvalue weighted by Crippen LogP contribution is 2.21. The molecule has 0 atom stereocenters. The molecule has 0 saturated heterocycles. The Labute approximate surface area is 84.9 Å². The van der Waals surface area contributed by atoms with Gasteiger partial charge < -0.3 is 0 Å². The minimum absolute atomic E-state index is 0.110. The lowest BCUT2D eigenvalue weighted by Crippen LogP contribution is -2.00. The topological polar surface area (TPSA) is 61.5 Å². The Morgan fingerprint density at radius 3 is 2.87 bits per heavy atom. The first-order valence-electron chi connectivity index (χ1n) is 4.73. The SMILES string of the molecule is Cc1nc2ccccc2c2[nH][nH]c(=O)c12. The van der Waals surface area contributed by atoms with Crippen molar-refractivity contribution in [1.82, 2.24) is 15.2 Å². The van der Waals surface area contributed by atoms with Gasteiger partial charge in [-0.25, -0.2) is 0 Å². The van der Waals surface area contributed by atoms with Crippen LogP contribution in [0.4, 0.5) is 0 Å². The predicted octanol–water partition coefficient (Wildman–Crippen LogP) is 1.71. The Hall–Kier alpha value is -2.10. The van der Waals surface area contributed by atoms with Crippen LogP contribution in [-0.4, -0.2) is 15.2 Å². The molecule has 0 aliphatic heterocycles. The van der Waals surface area contributed by atoms with Crippen LogP contribution in [0.5, 0.6) is 0 Å². The van der Waals surface area contributed by atoms with Crippen LogP contribution in [0.3, 0.4) is 0 Å². The third-order valence-corrected chi connectivity index (χ3v) is 2.60. The minimum Gasteiger partial charge on any atom is -0.297 e. The minimum atomic E-state index is -0.110. The predicted molar refractivity (Wildman–Crippen MR) is 59.0 cm³/mol. The Balaban J connectivity index is 2.71. The van der Waals surface area contributed by atoms with Gasteiger partial charge in [0.25, 0.3) is 5.56 Å². The van der Waals surface area contributed by atoms with Gasteiger partial charge >= 0.3 is 0 Å². The van der Waals surface area contributed by atoms with Crippen molar-refractivity contribution in [2.24, 2.45) is 0 Å². The average Bonchev–Trinajstić information content (AvgIpc) is 2.62. The van der Waals surface area contributed by atoms with Gasteiger partial charge in [-0.1, -0.05) is 18.2 Å². The molecule has 3 rings (SSSR count). The van der Waals surface area contributed by atoms with E-state index in [0.29, 0.717) is 5.39 Å². The first-order chi connectivity index (χ1) is 7.27. The third kappa shape index (κ3) is 1.01. The highest BCUT2D eigenvalue weighted by molar-refractivity contribution is 6.03. The first-order valence-corrected chi connectivity index (χ1v) is 4.73. The molecule has 2 aromatic heterocycles. The summed E-state index contributed by atoms with van der Waals surface area (Å²) < 4.78 is 0. The zero-order valence-electron chi connectivity index (χ0n) is 8.16. The van der Waals surface area contributed by atoms with Gasteiger partial charge in [0.15, 0.2) is 0 Å². The molecule has 3 aromatic rings. The summed E-state index contributed by atoms with van der Waals surface area (Å²) in [4.78, 5) is 15.9. The van der Waals surface area contributed by atoms with Gasteiger partial charge in [0.05, 0.1) is 22.1 Å². The zero-order chi connectivity index (χ0) is 10.4. The Bertz CT molecular complexity index is 708. The van der Waals surface area contributed by atoms with E-state index in [-0.39, 0.29) is 5.56 Å². The number of hydrogen-bond acceptors (Lipinski definition) is 2. The van der Waals surface area contributed by atoms with Crippen LogP contribution >= 0.6 is 0 Å². The number of aryl methyl sites for hydroxylation is 1. The lowest BCUT2D eigenvalue weighted by molar-refractivity contribution is 1.08. The van der Waals surface area contributed by atoms with Crippen molar-refractivity contribution in [2.45, 2.75) is 6.92 Å². The van der Waals surface area contributed by atoms with Gasteiger partial charge in [0, 0.05) is 5.39 Å². The standard InChI is InChI=1S/C11H9N3O/c1-6-9-10(13-14-11(9)15)7-4-2-3-5-8(7)12-6/h2-5H,1H3,(H2,13,14,15). The number of fused-ring (bicyclic) bond motifs is 3. The third-order valence-electron chi connectivity index (χ3n) is 2.60. The van der Waals surface area contributed by atoms with E-state index < -0.39 is 0 Å². The fourth-order valence-corrected chi connectivity index (χ4v) is 1.92. The molecule has 4 nitrogen and oxygen atoms in total. The molecule has 0 bridgehead atoms. The van der Waals surface area contributed by atoms with Crippen LogP contribution in [0.1, 0.15) is 5.69 Å². The summed E-state index contributed by atoms with van der Waals surface area (Å²) in [6.07, 6.45) is 0. The molecule has 0 saturated carbocycles. The second-order valence-electron chi connectivity index (χ2n) is 3.54. The summed E-state index contributed by atoms with van der Waals surface area (Å²) >= 11 is 0. The monoisotopic (exact) mass is 199 g/mol. The number of nitrogens with one attached hydrogen (secondary N) is 2. The molecule has 0 radical (unpaired) electrons. The number of aromatic amines is 2. The zero-order valence-corrected chi connectivity index (χ0v) is 8.16. The van der Waals surface area contributed by atoms with Crippen molar-refractivity contribution in [2.75, 3.05) is 0 Å². The normalized spacial score (nSPS) is 11.3. The average molecular weight is 199 g/mol. The van der Waals surface area contributed by atoms with Crippen LogP contribution in [0.15, 0.2) is 29.1 Å².